The van der Waals surface area contributed by atoms with Gasteiger partial charge >= 0.3 is 0 Å². The Bertz CT molecular complexity index is 521. The summed E-state index contributed by atoms with van der Waals surface area (Å²) in [6.07, 6.45) is 10.5. The van der Waals surface area contributed by atoms with Crippen molar-refractivity contribution in [2.75, 3.05) is 5.88 Å². The summed E-state index contributed by atoms with van der Waals surface area (Å²) in [6, 6.07) is 3.96. The van der Waals surface area contributed by atoms with E-state index < -0.39 is 0 Å². The number of imidazole rings is 1. The lowest BCUT2D eigenvalue weighted by atomic mass is 10.1. The Labute approximate surface area is 126 Å². The zero-order valence-electron chi connectivity index (χ0n) is 12.3. The van der Waals surface area contributed by atoms with Crippen LogP contribution in [0.2, 0.25) is 0 Å². The van der Waals surface area contributed by atoms with Gasteiger partial charge in [-0.15, -0.1) is 11.6 Å². The summed E-state index contributed by atoms with van der Waals surface area (Å²) in [7, 11) is 0. The fraction of sp³-hybridized carbons (Fsp3) is 0.625. The lowest BCUT2D eigenvalue weighted by Crippen LogP contribution is -2.05. The first-order valence-corrected chi connectivity index (χ1v) is 8.26. The van der Waals surface area contributed by atoms with Gasteiger partial charge in [0.25, 0.3) is 0 Å². The van der Waals surface area contributed by atoms with E-state index in [1.807, 2.05) is 18.3 Å². The third-order valence-electron chi connectivity index (χ3n) is 3.64. The number of aromatic nitrogens is 3. The molecular formula is C16H24ClN3. The van der Waals surface area contributed by atoms with Gasteiger partial charge in [0.2, 0.25) is 0 Å². The largest absolute Gasteiger partial charge is 0.313 e. The van der Waals surface area contributed by atoms with E-state index in [-0.39, 0.29) is 0 Å². The molecule has 0 radical (unpaired) electrons. The number of hydrogen-bond donors (Lipinski definition) is 0. The number of rotatable bonds is 9. The standard InChI is InChI=1S/C16H24ClN3/c1-2-3-4-5-6-7-13-20-15(10-11-17)19-14-9-8-12-18-16(14)20/h8-9,12H,2-7,10-11,13H2,1H3. The second-order valence-electron chi connectivity index (χ2n) is 5.23. The average Bonchev–Trinajstić information content (AvgIpc) is 2.81. The highest BCUT2D eigenvalue weighted by molar-refractivity contribution is 6.17. The van der Waals surface area contributed by atoms with E-state index in [0.29, 0.717) is 5.88 Å². The zero-order valence-corrected chi connectivity index (χ0v) is 13.1. The molecule has 0 fully saturated rings. The van der Waals surface area contributed by atoms with Gasteiger partial charge in [0, 0.05) is 25.0 Å². The molecule has 0 saturated heterocycles. The Morgan fingerprint density at radius 3 is 2.75 bits per heavy atom. The summed E-state index contributed by atoms with van der Waals surface area (Å²) in [4.78, 5) is 9.12. The van der Waals surface area contributed by atoms with Gasteiger partial charge in [-0.1, -0.05) is 39.0 Å². The first-order chi connectivity index (χ1) is 9.86. The molecule has 0 saturated carbocycles. The van der Waals surface area contributed by atoms with Crippen LogP contribution >= 0.6 is 11.6 Å². The third-order valence-corrected chi connectivity index (χ3v) is 3.83. The van der Waals surface area contributed by atoms with Crippen molar-refractivity contribution >= 4 is 22.8 Å². The maximum absolute atomic E-state index is 5.88. The predicted molar refractivity (Wildman–Crippen MR) is 85.3 cm³/mol. The Morgan fingerprint density at radius 1 is 1.15 bits per heavy atom. The summed E-state index contributed by atoms with van der Waals surface area (Å²) < 4.78 is 2.25. The van der Waals surface area contributed by atoms with Crippen LogP contribution < -0.4 is 0 Å². The molecule has 4 heteroatoms. The van der Waals surface area contributed by atoms with Gasteiger partial charge in [0.15, 0.2) is 5.65 Å². The van der Waals surface area contributed by atoms with Crippen molar-refractivity contribution in [2.45, 2.75) is 58.4 Å². The molecule has 2 aromatic heterocycles. The van der Waals surface area contributed by atoms with Gasteiger partial charge in [-0.2, -0.15) is 0 Å². The van der Waals surface area contributed by atoms with E-state index in [9.17, 15) is 0 Å². The fourth-order valence-electron chi connectivity index (χ4n) is 2.57. The zero-order chi connectivity index (χ0) is 14.2. The molecule has 0 amide bonds. The number of alkyl halides is 1. The van der Waals surface area contributed by atoms with Crippen molar-refractivity contribution in [1.82, 2.24) is 14.5 Å². The molecular weight excluding hydrogens is 270 g/mol. The molecule has 0 N–H and O–H groups in total. The van der Waals surface area contributed by atoms with Crippen LogP contribution in [-0.4, -0.2) is 20.4 Å². The highest BCUT2D eigenvalue weighted by Gasteiger charge is 2.10. The number of aryl methyl sites for hydroxylation is 2. The van der Waals surface area contributed by atoms with E-state index in [0.717, 1.165) is 30.0 Å². The Morgan fingerprint density at radius 2 is 1.95 bits per heavy atom. The minimum Gasteiger partial charge on any atom is -0.313 e. The second kappa shape index (κ2) is 8.25. The molecule has 20 heavy (non-hydrogen) atoms. The monoisotopic (exact) mass is 293 g/mol. The molecule has 0 atom stereocenters. The van der Waals surface area contributed by atoms with Crippen molar-refractivity contribution in [3.63, 3.8) is 0 Å². The topological polar surface area (TPSA) is 30.7 Å². The van der Waals surface area contributed by atoms with Crippen LogP contribution in [0.4, 0.5) is 0 Å². The van der Waals surface area contributed by atoms with Gasteiger partial charge < -0.3 is 4.57 Å². The molecule has 0 bridgehead atoms. The molecule has 0 aliphatic carbocycles. The average molecular weight is 294 g/mol. The van der Waals surface area contributed by atoms with Crippen LogP contribution in [-0.2, 0) is 13.0 Å². The first-order valence-electron chi connectivity index (χ1n) is 7.73. The molecule has 0 spiro atoms. The van der Waals surface area contributed by atoms with Gasteiger partial charge in [-0.25, -0.2) is 9.97 Å². The van der Waals surface area contributed by atoms with E-state index in [4.69, 9.17) is 11.6 Å². The van der Waals surface area contributed by atoms with Crippen LogP contribution in [0.5, 0.6) is 0 Å². The van der Waals surface area contributed by atoms with E-state index >= 15 is 0 Å². The summed E-state index contributed by atoms with van der Waals surface area (Å²) >= 11 is 5.88. The quantitative estimate of drug-likeness (QED) is 0.501. The normalized spacial score (nSPS) is 11.3. The maximum Gasteiger partial charge on any atom is 0.159 e. The molecule has 0 aliphatic heterocycles. The van der Waals surface area contributed by atoms with Crippen LogP contribution in [0.25, 0.3) is 11.2 Å². The molecule has 0 aliphatic rings. The van der Waals surface area contributed by atoms with Crippen LogP contribution in [0.1, 0.15) is 51.3 Å². The van der Waals surface area contributed by atoms with Gasteiger partial charge in [0.1, 0.15) is 11.3 Å². The van der Waals surface area contributed by atoms with Crippen LogP contribution in [0.15, 0.2) is 18.3 Å². The predicted octanol–water partition coefficient (Wildman–Crippen LogP) is 4.57. The highest BCUT2D eigenvalue weighted by Crippen LogP contribution is 2.16. The molecule has 2 heterocycles. The van der Waals surface area contributed by atoms with Gasteiger partial charge in [0.05, 0.1) is 0 Å². The fourth-order valence-corrected chi connectivity index (χ4v) is 2.73. The van der Waals surface area contributed by atoms with Crippen molar-refractivity contribution in [3.8, 4) is 0 Å². The minimum absolute atomic E-state index is 0.611. The summed E-state index contributed by atoms with van der Waals surface area (Å²) in [5, 5.41) is 0. The van der Waals surface area contributed by atoms with Crippen LogP contribution in [0.3, 0.4) is 0 Å². The number of halogens is 1. The molecule has 0 unspecified atom stereocenters. The Kier molecular flexibility index (Phi) is 6.31. The number of fused-ring (bicyclic) bond motifs is 1. The number of pyridine rings is 1. The minimum atomic E-state index is 0.611. The Hall–Kier alpha value is -1.09. The molecule has 3 nitrogen and oxygen atoms in total. The third kappa shape index (κ3) is 3.95. The first kappa shape index (κ1) is 15.3. The van der Waals surface area contributed by atoms with Gasteiger partial charge in [-0.3, -0.25) is 0 Å². The van der Waals surface area contributed by atoms with Crippen molar-refractivity contribution < 1.29 is 0 Å². The number of unbranched alkanes of at least 4 members (excludes halogenated alkanes) is 5. The van der Waals surface area contributed by atoms with Crippen molar-refractivity contribution in [1.29, 1.82) is 0 Å². The van der Waals surface area contributed by atoms with Gasteiger partial charge in [-0.05, 0) is 18.6 Å². The van der Waals surface area contributed by atoms with E-state index in [2.05, 4.69) is 21.5 Å². The highest BCUT2D eigenvalue weighted by atomic mass is 35.5. The van der Waals surface area contributed by atoms with E-state index in [1.165, 1.54) is 38.5 Å². The molecule has 110 valence electrons. The number of nitrogens with zero attached hydrogens (tertiary/aromatic N) is 3. The molecule has 0 aromatic carbocycles. The van der Waals surface area contributed by atoms with E-state index in [1.54, 1.807) is 0 Å². The second-order valence-corrected chi connectivity index (χ2v) is 5.61. The lowest BCUT2D eigenvalue weighted by molar-refractivity contribution is 0.553. The van der Waals surface area contributed by atoms with Crippen LogP contribution in [0, 0.1) is 0 Å². The maximum atomic E-state index is 5.88. The number of hydrogen-bond acceptors (Lipinski definition) is 2. The summed E-state index contributed by atoms with van der Waals surface area (Å²) in [5.41, 5.74) is 1.99. The smallest absolute Gasteiger partial charge is 0.159 e. The summed E-state index contributed by atoms with van der Waals surface area (Å²) in [6.45, 7) is 3.26. The lowest BCUT2D eigenvalue weighted by Gasteiger charge is -2.07. The van der Waals surface area contributed by atoms with Crippen molar-refractivity contribution in [3.05, 3.63) is 24.2 Å². The molecule has 2 aromatic rings. The SMILES string of the molecule is CCCCCCCCn1c(CCCl)nc2cccnc21. The molecule has 2 rings (SSSR count). The summed E-state index contributed by atoms with van der Waals surface area (Å²) in [5.74, 6) is 1.68. The Balaban J connectivity index is 1.98. The van der Waals surface area contributed by atoms with Crippen molar-refractivity contribution in [2.24, 2.45) is 0 Å².